The van der Waals surface area contributed by atoms with Gasteiger partial charge in [0, 0.05) is 16.8 Å². The molecule has 2 N–H and O–H groups in total. The number of hydrogen-bond acceptors (Lipinski definition) is 6. The van der Waals surface area contributed by atoms with Gasteiger partial charge in [-0.05, 0) is 49.2 Å². The third-order valence-electron chi connectivity index (χ3n) is 6.06. The van der Waals surface area contributed by atoms with E-state index in [1.54, 1.807) is 42.5 Å². The molecule has 3 aliphatic heterocycles. The van der Waals surface area contributed by atoms with Crippen molar-refractivity contribution in [3.05, 3.63) is 53.1 Å². The van der Waals surface area contributed by atoms with Crippen LogP contribution >= 0.6 is 11.6 Å². The smallest absolute Gasteiger partial charge is 0.327 e. The van der Waals surface area contributed by atoms with Crippen LogP contribution in [0.4, 0.5) is 10.5 Å². The summed E-state index contributed by atoms with van der Waals surface area (Å²) in [5, 5.41) is 6.61. The van der Waals surface area contributed by atoms with E-state index >= 15 is 0 Å². The van der Waals surface area contributed by atoms with Crippen LogP contribution in [-0.2, 0) is 16.1 Å². The van der Waals surface area contributed by atoms with Gasteiger partial charge >= 0.3 is 6.03 Å². The van der Waals surface area contributed by atoms with Crippen LogP contribution in [0.2, 0.25) is 5.02 Å². The Labute approximate surface area is 195 Å². The number of anilines is 1. The summed E-state index contributed by atoms with van der Waals surface area (Å²) >= 11 is 5.96. The molecular formula is C23H23ClN4O5. The number of rotatable bonds is 5. The van der Waals surface area contributed by atoms with Gasteiger partial charge in [0.05, 0.1) is 12.6 Å². The lowest BCUT2D eigenvalue weighted by Gasteiger charge is -2.46. The zero-order valence-electron chi connectivity index (χ0n) is 17.8. The molecule has 2 aromatic rings. The molecule has 10 heteroatoms. The number of carbonyl (C=O) groups excluding carboxylic acids is 3. The highest BCUT2D eigenvalue weighted by atomic mass is 35.5. The first-order chi connectivity index (χ1) is 16.0. The highest BCUT2D eigenvalue weighted by Gasteiger charge is 2.47. The number of nitrogens with zero attached hydrogens (tertiary/aromatic N) is 2. The molecule has 0 bridgehead atoms. The molecule has 2 fully saturated rings. The van der Waals surface area contributed by atoms with Crippen LogP contribution in [0.5, 0.6) is 11.5 Å². The molecule has 3 heterocycles. The zero-order chi connectivity index (χ0) is 22.9. The molecule has 0 radical (unpaired) electrons. The summed E-state index contributed by atoms with van der Waals surface area (Å²) in [4.78, 5) is 42.1. The number of amides is 4. The molecule has 0 saturated carbocycles. The number of ether oxygens (including phenoxy) is 2. The van der Waals surface area contributed by atoms with Crippen molar-refractivity contribution in [2.45, 2.75) is 31.5 Å². The Bertz CT molecular complexity index is 1090. The van der Waals surface area contributed by atoms with Crippen LogP contribution < -0.4 is 20.1 Å². The lowest BCUT2D eigenvalue weighted by molar-refractivity contribution is -0.138. The number of nitrogens with one attached hydrogen (secondary N) is 2. The van der Waals surface area contributed by atoms with E-state index in [9.17, 15) is 14.4 Å². The molecule has 0 aromatic heterocycles. The Balaban J connectivity index is 1.33. The van der Waals surface area contributed by atoms with E-state index in [2.05, 4.69) is 10.6 Å². The first-order valence-corrected chi connectivity index (χ1v) is 11.2. The number of fused-ring (bicyclic) bond motifs is 2. The largest absolute Gasteiger partial charge is 0.454 e. The number of urea groups is 1. The molecule has 2 unspecified atom stereocenters. The topological polar surface area (TPSA) is 100 Å². The van der Waals surface area contributed by atoms with Gasteiger partial charge in [0.1, 0.15) is 12.6 Å². The van der Waals surface area contributed by atoms with Crippen molar-refractivity contribution in [1.82, 2.24) is 15.1 Å². The van der Waals surface area contributed by atoms with Crippen molar-refractivity contribution >= 4 is 35.1 Å². The predicted molar refractivity (Wildman–Crippen MR) is 120 cm³/mol. The first-order valence-electron chi connectivity index (χ1n) is 10.8. The van der Waals surface area contributed by atoms with Crippen LogP contribution in [0.3, 0.4) is 0 Å². The van der Waals surface area contributed by atoms with Gasteiger partial charge in [-0.1, -0.05) is 23.7 Å². The summed E-state index contributed by atoms with van der Waals surface area (Å²) < 4.78 is 10.6. The Kier molecular flexibility index (Phi) is 5.82. The highest BCUT2D eigenvalue weighted by molar-refractivity contribution is 6.30. The van der Waals surface area contributed by atoms with E-state index in [-0.39, 0.29) is 37.7 Å². The maximum atomic E-state index is 13.4. The predicted octanol–water partition coefficient (Wildman–Crippen LogP) is 2.59. The summed E-state index contributed by atoms with van der Waals surface area (Å²) in [6.45, 7) is 0.774. The monoisotopic (exact) mass is 470 g/mol. The Morgan fingerprint density at radius 3 is 2.73 bits per heavy atom. The maximum absolute atomic E-state index is 13.4. The lowest BCUT2D eigenvalue weighted by Crippen LogP contribution is -2.70. The van der Waals surface area contributed by atoms with E-state index in [4.69, 9.17) is 21.1 Å². The van der Waals surface area contributed by atoms with Crippen molar-refractivity contribution in [2.75, 3.05) is 25.2 Å². The number of benzene rings is 2. The standard InChI is InChI=1S/C23H23ClN4O5/c24-15-5-3-14(4-6-15)11-28-22(30)21-17(2-1-9-25-21)27(23(28)31)12-20(29)26-16-7-8-18-19(10-16)33-13-32-18/h3-8,10,17,21,25H,1-2,9,11-13H2,(H,26,29). The minimum atomic E-state index is -0.540. The van der Waals surface area contributed by atoms with Gasteiger partial charge in [-0.3, -0.25) is 14.5 Å². The maximum Gasteiger partial charge on any atom is 0.327 e. The van der Waals surface area contributed by atoms with E-state index in [0.29, 0.717) is 35.2 Å². The van der Waals surface area contributed by atoms with Gasteiger partial charge in [0.15, 0.2) is 11.5 Å². The van der Waals surface area contributed by atoms with Crippen LogP contribution in [-0.4, -0.2) is 59.6 Å². The molecule has 9 nitrogen and oxygen atoms in total. The second-order valence-corrected chi connectivity index (χ2v) is 8.66. The Morgan fingerprint density at radius 2 is 1.91 bits per heavy atom. The number of imide groups is 1. The molecule has 172 valence electrons. The minimum Gasteiger partial charge on any atom is -0.454 e. The molecule has 3 aliphatic rings. The third-order valence-corrected chi connectivity index (χ3v) is 6.31. The fraction of sp³-hybridized carbons (Fsp3) is 0.348. The van der Waals surface area contributed by atoms with Gasteiger partial charge in [-0.2, -0.15) is 0 Å². The Morgan fingerprint density at radius 1 is 1.12 bits per heavy atom. The van der Waals surface area contributed by atoms with Gasteiger partial charge in [0.25, 0.3) is 0 Å². The Hall–Kier alpha value is -3.30. The van der Waals surface area contributed by atoms with Gasteiger partial charge in [0.2, 0.25) is 18.6 Å². The third kappa shape index (κ3) is 4.34. The summed E-state index contributed by atoms with van der Waals surface area (Å²) in [6.07, 6.45) is 1.47. The molecule has 2 atom stereocenters. The van der Waals surface area contributed by atoms with E-state index in [1.165, 1.54) is 9.80 Å². The molecule has 4 amide bonds. The molecule has 2 aromatic carbocycles. The summed E-state index contributed by atoms with van der Waals surface area (Å²) in [7, 11) is 0. The fourth-order valence-electron chi connectivity index (χ4n) is 4.45. The SMILES string of the molecule is O=C(CN1C(=O)N(Cc2ccc(Cl)cc2)C(=O)C2NCCCC21)Nc1ccc2c(c1)OCO2. The second-order valence-electron chi connectivity index (χ2n) is 8.22. The van der Waals surface area contributed by atoms with Crippen molar-refractivity contribution in [3.63, 3.8) is 0 Å². The van der Waals surface area contributed by atoms with E-state index < -0.39 is 12.1 Å². The van der Waals surface area contributed by atoms with Gasteiger partial charge in [-0.25, -0.2) is 4.79 Å². The van der Waals surface area contributed by atoms with Crippen molar-refractivity contribution in [1.29, 1.82) is 0 Å². The van der Waals surface area contributed by atoms with Crippen LogP contribution in [0, 0.1) is 0 Å². The molecule has 5 rings (SSSR count). The quantitative estimate of drug-likeness (QED) is 0.696. The number of halogens is 1. The zero-order valence-corrected chi connectivity index (χ0v) is 18.5. The summed E-state index contributed by atoms with van der Waals surface area (Å²) in [5.74, 6) is 0.546. The summed E-state index contributed by atoms with van der Waals surface area (Å²) in [6, 6.07) is 10.7. The minimum absolute atomic E-state index is 0.111. The van der Waals surface area contributed by atoms with Crippen LogP contribution in [0.15, 0.2) is 42.5 Å². The highest BCUT2D eigenvalue weighted by Crippen LogP contribution is 2.34. The molecule has 2 saturated heterocycles. The number of hydrogen-bond donors (Lipinski definition) is 2. The van der Waals surface area contributed by atoms with Gasteiger partial charge in [-0.15, -0.1) is 0 Å². The molecular weight excluding hydrogens is 448 g/mol. The second kappa shape index (κ2) is 8.92. The molecule has 0 spiro atoms. The summed E-state index contributed by atoms with van der Waals surface area (Å²) in [5.41, 5.74) is 1.32. The van der Waals surface area contributed by atoms with Crippen molar-refractivity contribution in [2.24, 2.45) is 0 Å². The lowest BCUT2D eigenvalue weighted by atomic mass is 9.93. The van der Waals surface area contributed by atoms with Crippen molar-refractivity contribution in [3.8, 4) is 11.5 Å². The molecule has 0 aliphatic carbocycles. The van der Waals surface area contributed by atoms with Gasteiger partial charge < -0.3 is 25.0 Å². The van der Waals surface area contributed by atoms with Crippen molar-refractivity contribution < 1.29 is 23.9 Å². The van der Waals surface area contributed by atoms with E-state index in [1.807, 2.05) is 0 Å². The van der Waals surface area contributed by atoms with Crippen LogP contribution in [0.25, 0.3) is 0 Å². The number of piperidine rings is 1. The number of carbonyl (C=O) groups is 3. The molecule has 33 heavy (non-hydrogen) atoms. The fourth-order valence-corrected chi connectivity index (χ4v) is 4.58. The average Bonchev–Trinajstić information content (AvgIpc) is 3.29. The van der Waals surface area contributed by atoms with Crippen LogP contribution in [0.1, 0.15) is 18.4 Å². The first kappa shape index (κ1) is 21.5. The normalized spacial score (nSPS) is 21.7. The van der Waals surface area contributed by atoms with E-state index in [0.717, 1.165) is 12.0 Å². The average molecular weight is 471 g/mol.